The Kier molecular flexibility index (Phi) is 7.33. The van der Waals surface area contributed by atoms with Gasteiger partial charge in [0.25, 0.3) is 5.91 Å². The highest BCUT2D eigenvalue weighted by atomic mass is 127. The molecule has 1 saturated heterocycles. The Morgan fingerprint density at radius 2 is 2.16 bits per heavy atom. The molecule has 0 saturated carbocycles. The molecule has 0 atom stereocenters. The van der Waals surface area contributed by atoms with Gasteiger partial charge in [-0.15, -0.1) is 0 Å². The quantitative estimate of drug-likeness (QED) is 0.240. The van der Waals surface area contributed by atoms with Gasteiger partial charge < -0.3 is 9.47 Å². The zero-order valence-electron chi connectivity index (χ0n) is 14.4. The largest absolute Gasteiger partial charge is 0.493 e. The summed E-state index contributed by atoms with van der Waals surface area (Å²) in [6, 6.07) is 3.81. The van der Waals surface area contributed by atoms with Crippen LogP contribution in [0.4, 0.5) is 0 Å². The summed E-state index contributed by atoms with van der Waals surface area (Å²) in [5.74, 6) is 1.62. The number of hydrogen-bond acceptors (Lipinski definition) is 5. The van der Waals surface area contributed by atoms with Crippen LogP contribution in [0.3, 0.4) is 0 Å². The molecule has 1 aromatic carbocycles. The number of ether oxygens (including phenoxy) is 2. The van der Waals surface area contributed by atoms with E-state index in [9.17, 15) is 4.79 Å². The van der Waals surface area contributed by atoms with Crippen molar-refractivity contribution in [2.75, 3.05) is 20.3 Å². The van der Waals surface area contributed by atoms with Gasteiger partial charge in [-0.25, -0.2) is 0 Å². The molecule has 0 radical (unpaired) electrons. The van der Waals surface area contributed by atoms with Crippen molar-refractivity contribution >= 4 is 62.9 Å². The van der Waals surface area contributed by atoms with Gasteiger partial charge in [0.15, 0.2) is 11.5 Å². The van der Waals surface area contributed by atoms with Crippen LogP contribution in [0.1, 0.15) is 19.4 Å². The van der Waals surface area contributed by atoms with Crippen molar-refractivity contribution < 1.29 is 14.3 Å². The number of halogens is 1. The average molecular weight is 489 g/mol. The summed E-state index contributed by atoms with van der Waals surface area (Å²) in [4.78, 5) is 14.9. The summed E-state index contributed by atoms with van der Waals surface area (Å²) >= 11 is 8.88. The Bertz CT molecular complexity index is 731. The van der Waals surface area contributed by atoms with Gasteiger partial charge in [-0.1, -0.05) is 50.5 Å². The van der Waals surface area contributed by atoms with E-state index in [-0.39, 0.29) is 5.91 Å². The number of hydrogen-bond donors (Lipinski definition) is 0. The van der Waals surface area contributed by atoms with Crippen molar-refractivity contribution in [3.05, 3.63) is 38.8 Å². The van der Waals surface area contributed by atoms with Crippen LogP contribution in [-0.4, -0.2) is 35.4 Å². The van der Waals surface area contributed by atoms with E-state index >= 15 is 0 Å². The van der Waals surface area contributed by atoms with E-state index in [1.807, 2.05) is 18.2 Å². The molecule has 7 heteroatoms. The molecule has 1 aliphatic rings. The van der Waals surface area contributed by atoms with Crippen molar-refractivity contribution in [2.45, 2.75) is 13.8 Å². The van der Waals surface area contributed by atoms with Gasteiger partial charge in [0.1, 0.15) is 10.9 Å². The standard InChI is InChI=1S/C18H20INO3S2/c1-5-6-23-16-13(19)7-12(8-14(16)22-4)9-15-17(21)20(10-11(2)3)18(24)25-15/h5,7-9,11H,1,6,10H2,2-4H3. The lowest BCUT2D eigenvalue weighted by molar-refractivity contribution is -0.122. The normalized spacial score (nSPS) is 16.0. The number of carbonyl (C=O) groups excluding carboxylic acids is 1. The number of carbonyl (C=O) groups is 1. The van der Waals surface area contributed by atoms with Gasteiger partial charge >= 0.3 is 0 Å². The molecule has 1 aromatic rings. The summed E-state index contributed by atoms with van der Waals surface area (Å²) in [6.07, 6.45) is 3.53. The molecule has 1 heterocycles. The lowest BCUT2D eigenvalue weighted by Crippen LogP contribution is -2.31. The number of nitrogens with zero attached hydrogens (tertiary/aromatic N) is 1. The molecule has 25 heavy (non-hydrogen) atoms. The second-order valence-electron chi connectivity index (χ2n) is 5.82. The number of methoxy groups -OCH3 is 1. The number of benzene rings is 1. The Morgan fingerprint density at radius 1 is 1.44 bits per heavy atom. The minimum Gasteiger partial charge on any atom is -0.493 e. The van der Waals surface area contributed by atoms with E-state index in [1.165, 1.54) is 11.8 Å². The van der Waals surface area contributed by atoms with Gasteiger partial charge in [-0.05, 0) is 52.3 Å². The molecule has 0 spiro atoms. The first-order chi connectivity index (χ1) is 11.9. The molecule has 0 bridgehead atoms. The van der Waals surface area contributed by atoms with E-state index in [2.05, 4.69) is 43.0 Å². The average Bonchev–Trinajstić information content (AvgIpc) is 2.80. The fourth-order valence-corrected chi connectivity index (χ4v) is 4.34. The maximum atomic E-state index is 12.6. The van der Waals surface area contributed by atoms with Crippen LogP contribution in [0.5, 0.6) is 11.5 Å². The second-order valence-corrected chi connectivity index (χ2v) is 8.66. The van der Waals surface area contributed by atoms with Crippen molar-refractivity contribution in [3.63, 3.8) is 0 Å². The minimum atomic E-state index is -0.0374. The minimum absolute atomic E-state index is 0.0374. The fraction of sp³-hybridized carbons (Fsp3) is 0.333. The maximum Gasteiger partial charge on any atom is 0.266 e. The molecule has 4 nitrogen and oxygen atoms in total. The molecule has 0 aliphatic carbocycles. The van der Waals surface area contributed by atoms with Crippen molar-refractivity contribution in [1.82, 2.24) is 4.90 Å². The van der Waals surface area contributed by atoms with E-state index < -0.39 is 0 Å². The van der Waals surface area contributed by atoms with Gasteiger partial charge in [-0.3, -0.25) is 9.69 Å². The van der Waals surface area contributed by atoms with Crippen molar-refractivity contribution in [1.29, 1.82) is 0 Å². The van der Waals surface area contributed by atoms with E-state index in [0.717, 1.165) is 9.13 Å². The predicted octanol–water partition coefficient (Wildman–Crippen LogP) is 4.72. The van der Waals surface area contributed by atoms with Gasteiger partial charge in [0, 0.05) is 6.54 Å². The molecule has 0 aromatic heterocycles. The molecule has 1 aliphatic heterocycles. The summed E-state index contributed by atoms with van der Waals surface area (Å²) in [5.41, 5.74) is 0.872. The smallest absolute Gasteiger partial charge is 0.266 e. The van der Waals surface area contributed by atoms with Crippen molar-refractivity contribution in [2.24, 2.45) is 5.92 Å². The lowest BCUT2D eigenvalue weighted by Gasteiger charge is -2.16. The third-order valence-electron chi connectivity index (χ3n) is 3.32. The highest BCUT2D eigenvalue weighted by Gasteiger charge is 2.32. The summed E-state index contributed by atoms with van der Waals surface area (Å²) in [7, 11) is 1.60. The lowest BCUT2D eigenvalue weighted by atomic mass is 10.1. The zero-order valence-corrected chi connectivity index (χ0v) is 18.2. The molecule has 134 valence electrons. The molecule has 0 unspecified atom stereocenters. The fourth-order valence-electron chi connectivity index (χ4n) is 2.28. The molecular weight excluding hydrogens is 469 g/mol. The number of rotatable bonds is 7. The topological polar surface area (TPSA) is 38.8 Å². The zero-order chi connectivity index (χ0) is 18.6. The van der Waals surface area contributed by atoms with Gasteiger partial charge in [0.05, 0.1) is 15.6 Å². The third kappa shape index (κ3) is 4.98. The SMILES string of the molecule is C=CCOc1c(I)cc(C=C2SC(=S)N(CC(C)C)C2=O)cc1OC. The van der Waals surface area contributed by atoms with Crippen LogP contribution in [0, 0.1) is 9.49 Å². The molecule has 1 fully saturated rings. The maximum absolute atomic E-state index is 12.6. The Labute approximate surface area is 171 Å². The van der Waals surface area contributed by atoms with Crippen LogP contribution in [0.2, 0.25) is 0 Å². The van der Waals surface area contributed by atoms with Crippen LogP contribution in [0.15, 0.2) is 29.7 Å². The first-order valence-corrected chi connectivity index (χ1v) is 10.0. The summed E-state index contributed by atoms with van der Waals surface area (Å²) < 4.78 is 12.6. The first kappa shape index (κ1) is 20.3. The van der Waals surface area contributed by atoms with Crippen LogP contribution >= 0.6 is 46.6 Å². The first-order valence-electron chi connectivity index (χ1n) is 7.74. The monoisotopic (exact) mass is 489 g/mol. The van der Waals surface area contributed by atoms with E-state index in [0.29, 0.717) is 39.8 Å². The summed E-state index contributed by atoms with van der Waals surface area (Å²) in [5, 5.41) is 0. The third-order valence-corrected chi connectivity index (χ3v) is 5.50. The van der Waals surface area contributed by atoms with Crippen LogP contribution in [-0.2, 0) is 4.79 Å². The molecule has 2 rings (SSSR count). The summed E-state index contributed by atoms with van der Waals surface area (Å²) in [6.45, 7) is 8.83. The predicted molar refractivity (Wildman–Crippen MR) is 116 cm³/mol. The number of amides is 1. The van der Waals surface area contributed by atoms with Crippen LogP contribution in [0.25, 0.3) is 6.08 Å². The molecular formula is C18H20INO3S2. The van der Waals surface area contributed by atoms with Gasteiger partial charge in [-0.2, -0.15) is 0 Å². The van der Waals surface area contributed by atoms with Crippen molar-refractivity contribution in [3.8, 4) is 11.5 Å². The van der Waals surface area contributed by atoms with E-state index in [4.69, 9.17) is 21.7 Å². The number of thioether (sulfide) groups is 1. The number of thiocarbonyl (C=S) groups is 1. The molecule has 0 N–H and O–H groups in total. The Hall–Kier alpha value is -1.06. The Morgan fingerprint density at radius 3 is 2.76 bits per heavy atom. The highest BCUT2D eigenvalue weighted by molar-refractivity contribution is 14.1. The van der Waals surface area contributed by atoms with Crippen LogP contribution < -0.4 is 9.47 Å². The van der Waals surface area contributed by atoms with Gasteiger partial charge in [0.2, 0.25) is 0 Å². The molecule has 1 amide bonds. The van der Waals surface area contributed by atoms with E-state index in [1.54, 1.807) is 18.1 Å². The highest BCUT2D eigenvalue weighted by Crippen LogP contribution is 2.37. The Balaban J connectivity index is 2.32. The second kappa shape index (κ2) is 9.05.